The average Bonchev–Trinajstić information content (AvgIpc) is 2.67. The molecule has 96 valence electrons. The Hall–Kier alpha value is -1.64. The summed E-state index contributed by atoms with van der Waals surface area (Å²) >= 11 is 3.11. The fraction of sp³-hybridized carbons (Fsp3) is 0.222. The van der Waals surface area contributed by atoms with Crippen LogP contribution in [0.25, 0.3) is 11.3 Å². The van der Waals surface area contributed by atoms with Crippen LogP contribution in [0.1, 0.15) is 0 Å². The summed E-state index contributed by atoms with van der Waals surface area (Å²) < 4.78 is 37.7. The molecular formula is C9H7BrF3N5. The van der Waals surface area contributed by atoms with Crippen LogP contribution in [0.3, 0.4) is 0 Å². The summed E-state index contributed by atoms with van der Waals surface area (Å²) in [5, 5.41) is 3.61. The van der Waals surface area contributed by atoms with Crippen LogP contribution in [0.2, 0.25) is 0 Å². The topological polar surface area (TPSA) is 69.6 Å². The minimum Gasteiger partial charge on any atom is -0.382 e. The van der Waals surface area contributed by atoms with Gasteiger partial charge in [0.2, 0.25) is 0 Å². The molecule has 0 fully saturated rings. The highest BCUT2D eigenvalue weighted by Gasteiger charge is 2.28. The Kier molecular flexibility index (Phi) is 3.24. The minimum atomic E-state index is -4.32. The second-order valence-corrected chi connectivity index (χ2v) is 4.28. The van der Waals surface area contributed by atoms with E-state index in [1.807, 2.05) is 0 Å². The van der Waals surface area contributed by atoms with Gasteiger partial charge in [0.15, 0.2) is 0 Å². The van der Waals surface area contributed by atoms with Gasteiger partial charge in [0, 0.05) is 11.8 Å². The Balaban J connectivity index is 2.32. The van der Waals surface area contributed by atoms with Gasteiger partial charge in [0.05, 0.1) is 12.4 Å². The molecule has 9 heteroatoms. The van der Waals surface area contributed by atoms with Crippen molar-refractivity contribution in [3.05, 3.63) is 23.2 Å². The normalized spacial score (nSPS) is 11.8. The first kappa shape index (κ1) is 12.8. The van der Waals surface area contributed by atoms with Crippen LogP contribution in [-0.4, -0.2) is 25.9 Å². The van der Waals surface area contributed by atoms with Crippen LogP contribution in [0.4, 0.5) is 19.0 Å². The predicted octanol–water partition coefficient (Wildman–Crippen LogP) is 2.25. The Bertz CT molecular complexity index is 566. The minimum absolute atomic E-state index is 0.129. The number of alkyl halides is 3. The van der Waals surface area contributed by atoms with Crippen molar-refractivity contribution in [3.8, 4) is 11.3 Å². The van der Waals surface area contributed by atoms with Gasteiger partial charge in [0.1, 0.15) is 22.7 Å². The molecule has 0 bridgehead atoms. The molecule has 2 heterocycles. The first-order valence-corrected chi connectivity index (χ1v) is 5.52. The van der Waals surface area contributed by atoms with Crippen molar-refractivity contribution in [1.82, 2.24) is 19.7 Å². The highest BCUT2D eigenvalue weighted by atomic mass is 79.9. The zero-order chi connectivity index (χ0) is 13.3. The lowest BCUT2D eigenvalue weighted by atomic mass is 10.2. The van der Waals surface area contributed by atoms with E-state index in [2.05, 4.69) is 31.0 Å². The van der Waals surface area contributed by atoms with E-state index in [1.165, 1.54) is 18.6 Å². The summed E-state index contributed by atoms with van der Waals surface area (Å²) in [6.45, 7) is -1.16. The van der Waals surface area contributed by atoms with Gasteiger partial charge in [-0.2, -0.15) is 18.3 Å². The molecule has 0 aliphatic carbocycles. The molecule has 0 aliphatic rings. The number of rotatable bonds is 2. The van der Waals surface area contributed by atoms with Crippen molar-refractivity contribution in [2.45, 2.75) is 12.7 Å². The van der Waals surface area contributed by atoms with Crippen LogP contribution >= 0.6 is 15.9 Å². The molecule has 2 N–H and O–H groups in total. The van der Waals surface area contributed by atoms with Crippen LogP contribution in [-0.2, 0) is 6.54 Å². The molecule has 0 radical (unpaired) electrons. The van der Waals surface area contributed by atoms with E-state index in [9.17, 15) is 13.2 Å². The zero-order valence-electron chi connectivity index (χ0n) is 8.82. The largest absolute Gasteiger partial charge is 0.408 e. The van der Waals surface area contributed by atoms with Crippen LogP contribution < -0.4 is 5.73 Å². The lowest BCUT2D eigenvalue weighted by Crippen LogP contribution is -2.17. The van der Waals surface area contributed by atoms with Crippen molar-refractivity contribution in [2.24, 2.45) is 0 Å². The SMILES string of the molecule is Nc1ncc(Br)nc1-c1cnn(CC(F)(F)F)c1. The molecule has 18 heavy (non-hydrogen) atoms. The molecule has 2 aromatic heterocycles. The molecule has 5 nitrogen and oxygen atoms in total. The van der Waals surface area contributed by atoms with E-state index in [0.717, 1.165) is 4.68 Å². The number of halogens is 4. The van der Waals surface area contributed by atoms with Crippen LogP contribution in [0, 0.1) is 0 Å². The third-order valence-electron chi connectivity index (χ3n) is 2.02. The van der Waals surface area contributed by atoms with E-state index in [1.54, 1.807) is 0 Å². The van der Waals surface area contributed by atoms with Gasteiger partial charge in [-0.1, -0.05) is 0 Å². The molecule has 0 atom stereocenters. The molecule has 0 saturated heterocycles. The number of hydrogen-bond donors (Lipinski definition) is 1. The maximum Gasteiger partial charge on any atom is 0.408 e. The third kappa shape index (κ3) is 2.97. The van der Waals surface area contributed by atoms with Crippen molar-refractivity contribution in [2.75, 3.05) is 5.73 Å². The maximum atomic E-state index is 12.2. The van der Waals surface area contributed by atoms with Gasteiger partial charge in [-0.3, -0.25) is 4.68 Å². The zero-order valence-corrected chi connectivity index (χ0v) is 10.4. The fourth-order valence-corrected chi connectivity index (χ4v) is 1.63. The number of anilines is 1. The highest BCUT2D eigenvalue weighted by molar-refractivity contribution is 9.10. The smallest absolute Gasteiger partial charge is 0.382 e. The molecular weight excluding hydrogens is 315 g/mol. The molecule has 0 spiro atoms. The van der Waals surface area contributed by atoms with E-state index < -0.39 is 12.7 Å². The standard InChI is InChI=1S/C9H7BrF3N5/c10-6-2-15-8(14)7(17-6)5-1-16-18(3-5)4-9(11,12)13/h1-3H,4H2,(H2,14,15). The first-order chi connectivity index (χ1) is 8.35. The van der Waals surface area contributed by atoms with Crippen molar-refractivity contribution in [3.63, 3.8) is 0 Å². The van der Waals surface area contributed by atoms with E-state index in [4.69, 9.17) is 5.73 Å². The summed E-state index contributed by atoms with van der Waals surface area (Å²) in [6.07, 6.45) is -0.435. The van der Waals surface area contributed by atoms with Gasteiger partial charge in [-0.15, -0.1) is 0 Å². The molecule has 2 rings (SSSR count). The molecule has 0 aliphatic heterocycles. The summed E-state index contributed by atoms with van der Waals surface area (Å²) in [5.74, 6) is 0.129. The van der Waals surface area contributed by atoms with Gasteiger partial charge in [0.25, 0.3) is 0 Å². The number of nitrogens with two attached hydrogens (primary N) is 1. The molecule has 2 aromatic rings. The Morgan fingerprint density at radius 3 is 2.72 bits per heavy atom. The monoisotopic (exact) mass is 321 g/mol. The summed E-state index contributed by atoms with van der Waals surface area (Å²) in [7, 11) is 0. The third-order valence-corrected chi connectivity index (χ3v) is 2.40. The van der Waals surface area contributed by atoms with Crippen molar-refractivity contribution >= 4 is 21.7 Å². The number of hydrogen-bond acceptors (Lipinski definition) is 4. The average molecular weight is 322 g/mol. The summed E-state index contributed by atoms with van der Waals surface area (Å²) in [5.41, 5.74) is 6.27. The lowest BCUT2D eigenvalue weighted by molar-refractivity contribution is -0.142. The molecule has 0 unspecified atom stereocenters. The fourth-order valence-electron chi connectivity index (χ4n) is 1.35. The Morgan fingerprint density at radius 1 is 1.33 bits per heavy atom. The summed E-state index contributed by atoms with van der Waals surface area (Å²) in [4.78, 5) is 7.90. The van der Waals surface area contributed by atoms with Gasteiger partial charge in [-0.05, 0) is 15.9 Å². The molecule has 0 amide bonds. The second-order valence-electron chi connectivity index (χ2n) is 3.47. The summed E-state index contributed by atoms with van der Waals surface area (Å²) in [6, 6.07) is 0. The predicted molar refractivity (Wildman–Crippen MR) is 61.4 cm³/mol. The molecule has 0 aromatic carbocycles. The van der Waals surface area contributed by atoms with Crippen LogP contribution in [0.15, 0.2) is 23.2 Å². The van der Waals surface area contributed by atoms with Crippen molar-refractivity contribution in [1.29, 1.82) is 0 Å². The van der Waals surface area contributed by atoms with Gasteiger partial charge in [-0.25, -0.2) is 9.97 Å². The van der Waals surface area contributed by atoms with E-state index >= 15 is 0 Å². The van der Waals surface area contributed by atoms with Crippen molar-refractivity contribution < 1.29 is 13.2 Å². The van der Waals surface area contributed by atoms with E-state index in [-0.39, 0.29) is 11.5 Å². The number of nitrogens with zero attached hydrogens (tertiary/aromatic N) is 4. The maximum absolute atomic E-state index is 12.2. The number of aromatic nitrogens is 4. The van der Waals surface area contributed by atoms with Crippen LogP contribution in [0.5, 0.6) is 0 Å². The second kappa shape index (κ2) is 4.56. The Morgan fingerprint density at radius 2 is 2.06 bits per heavy atom. The quantitative estimate of drug-likeness (QED) is 0.921. The highest BCUT2D eigenvalue weighted by Crippen LogP contribution is 2.24. The first-order valence-electron chi connectivity index (χ1n) is 4.73. The van der Waals surface area contributed by atoms with E-state index in [0.29, 0.717) is 10.2 Å². The Labute approximate surface area is 108 Å². The molecule has 0 saturated carbocycles. The number of nitrogen functional groups attached to an aromatic ring is 1. The van der Waals surface area contributed by atoms with Gasteiger partial charge >= 0.3 is 6.18 Å². The van der Waals surface area contributed by atoms with Gasteiger partial charge < -0.3 is 5.73 Å². The lowest BCUT2D eigenvalue weighted by Gasteiger charge is -2.05.